The van der Waals surface area contributed by atoms with E-state index in [2.05, 4.69) is 12.6 Å². The number of rotatable bonds is 2. The molecule has 0 radical (unpaired) electrons. The van der Waals surface area contributed by atoms with E-state index in [1.54, 1.807) is 19.1 Å². The normalized spacial score (nSPS) is 9.47. The predicted molar refractivity (Wildman–Crippen MR) is 67.1 cm³/mol. The molecule has 5 heteroatoms. The lowest BCUT2D eigenvalue weighted by molar-refractivity contribution is 0.0524. The molecule has 3 nitrogen and oxygen atoms in total. The van der Waals surface area contributed by atoms with Crippen molar-refractivity contribution in [1.29, 1.82) is 5.26 Å². The minimum absolute atomic E-state index is 0.267. The van der Waals surface area contributed by atoms with Crippen LogP contribution in [0.1, 0.15) is 22.8 Å². The minimum atomic E-state index is -0.477. The first-order valence-electron chi connectivity index (χ1n) is 4.20. The number of halogens is 1. The summed E-state index contributed by atoms with van der Waals surface area (Å²) in [6.07, 6.45) is 0. The first-order chi connectivity index (χ1) is 7.11. The molecule has 0 aliphatic carbocycles. The zero-order chi connectivity index (χ0) is 11.4. The Bertz CT molecular complexity index is 440. The smallest absolute Gasteiger partial charge is 0.340 e. The van der Waals surface area contributed by atoms with E-state index in [4.69, 9.17) is 10.00 Å². The van der Waals surface area contributed by atoms with Gasteiger partial charge in [0, 0.05) is 8.47 Å². The maximum absolute atomic E-state index is 11.6. The lowest BCUT2D eigenvalue weighted by Crippen LogP contribution is -2.09. The van der Waals surface area contributed by atoms with E-state index in [0.29, 0.717) is 14.0 Å². The van der Waals surface area contributed by atoms with Gasteiger partial charge in [-0.3, -0.25) is 0 Å². The lowest BCUT2D eigenvalue weighted by atomic mass is 10.1. The van der Waals surface area contributed by atoms with Gasteiger partial charge >= 0.3 is 5.97 Å². The zero-order valence-corrected chi connectivity index (χ0v) is 11.0. The molecule has 0 bridgehead atoms. The van der Waals surface area contributed by atoms with Crippen LogP contribution in [0.15, 0.2) is 17.0 Å². The number of ether oxygens (including phenoxy) is 1. The first-order valence-corrected chi connectivity index (χ1v) is 5.73. The van der Waals surface area contributed by atoms with E-state index < -0.39 is 5.97 Å². The van der Waals surface area contributed by atoms with Crippen molar-refractivity contribution in [3.63, 3.8) is 0 Å². The summed E-state index contributed by atoms with van der Waals surface area (Å²) in [6, 6.07) is 5.38. The highest BCUT2D eigenvalue weighted by Crippen LogP contribution is 2.23. The van der Waals surface area contributed by atoms with E-state index in [9.17, 15) is 4.79 Å². The van der Waals surface area contributed by atoms with Gasteiger partial charge in [-0.25, -0.2) is 4.79 Å². The van der Waals surface area contributed by atoms with E-state index in [1.165, 1.54) is 0 Å². The van der Waals surface area contributed by atoms with Crippen LogP contribution < -0.4 is 0 Å². The van der Waals surface area contributed by atoms with Crippen molar-refractivity contribution in [3.05, 3.63) is 26.8 Å². The summed E-state index contributed by atoms with van der Waals surface area (Å²) in [5, 5.41) is 8.93. The number of nitrogens with zero attached hydrogens (tertiary/aromatic N) is 1. The third-order valence-corrected chi connectivity index (χ3v) is 3.00. The van der Waals surface area contributed by atoms with Crippen molar-refractivity contribution in [2.75, 3.05) is 6.61 Å². The number of benzene rings is 1. The Morgan fingerprint density at radius 3 is 2.87 bits per heavy atom. The van der Waals surface area contributed by atoms with Gasteiger partial charge in [0.2, 0.25) is 0 Å². The summed E-state index contributed by atoms with van der Waals surface area (Å²) >= 11 is 6.12. The van der Waals surface area contributed by atoms with Crippen LogP contribution in [0.2, 0.25) is 0 Å². The van der Waals surface area contributed by atoms with Crippen molar-refractivity contribution in [3.8, 4) is 6.07 Å². The quantitative estimate of drug-likeness (QED) is 0.514. The van der Waals surface area contributed by atoms with Crippen LogP contribution in [0.4, 0.5) is 0 Å². The Morgan fingerprint density at radius 1 is 1.67 bits per heavy atom. The van der Waals surface area contributed by atoms with E-state index in [1.807, 2.05) is 28.7 Å². The van der Waals surface area contributed by atoms with E-state index in [-0.39, 0.29) is 12.2 Å². The minimum Gasteiger partial charge on any atom is -0.462 e. The second kappa shape index (κ2) is 5.37. The zero-order valence-electron chi connectivity index (χ0n) is 7.95. The molecule has 0 saturated heterocycles. The number of thiol groups is 1. The van der Waals surface area contributed by atoms with Crippen LogP contribution in [0, 0.1) is 14.9 Å². The molecule has 0 spiro atoms. The molecule has 0 fully saturated rings. The van der Waals surface area contributed by atoms with Gasteiger partial charge in [-0.15, -0.1) is 12.6 Å². The highest BCUT2D eigenvalue weighted by Gasteiger charge is 2.18. The van der Waals surface area contributed by atoms with Gasteiger partial charge in [0.05, 0.1) is 17.7 Å². The third-order valence-electron chi connectivity index (χ3n) is 1.72. The maximum atomic E-state index is 11.6. The Kier molecular flexibility index (Phi) is 4.42. The molecule has 0 amide bonds. The predicted octanol–water partition coefficient (Wildman–Crippen LogP) is 2.63. The molecule has 78 valence electrons. The second-order valence-corrected chi connectivity index (χ2v) is 4.29. The average Bonchev–Trinajstić information content (AvgIpc) is 2.21. The maximum Gasteiger partial charge on any atom is 0.340 e. The molecule has 1 rings (SSSR count). The molecule has 0 atom stereocenters. The van der Waals surface area contributed by atoms with Gasteiger partial charge in [0.25, 0.3) is 0 Å². The van der Waals surface area contributed by atoms with Gasteiger partial charge in [0.1, 0.15) is 6.07 Å². The van der Waals surface area contributed by atoms with Crippen LogP contribution in [0.3, 0.4) is 0 Å². The molecule has 0 saturated carbocycles. The summed E-state index contributed by atoms with van der Waals surface area (Å²) in [7, 11) is 0. The number of carbonyl (C=O) groups is 1. The fourth-order valence-corrected chi connectivity index (χ4v) is 1.99. The fourth-order valence-electron chi connectivity index (χ4n) is 1.08. The summed E-state index contributed by atoms with van der Waals surface area (Å²) in [5.74, 6) is -0.477. The van der Waals surface area contributed by atoms with Crippen molar-refractivity contribution < 1.29 is 9.53 Å². The highest BCUT2D eigenvalue weighted by atomic mass is 127. The van der Waals surface area contributed by atoms with Gasteiger partial charge in [-0.2, -0.15) is 5.26 Å². The summed E-state index contributed by atoms with van der Waals surface area (Å²) in [6.45, 7) is 2.01. The molecule has 0 aromatic heterocycles. The van der Waals surface area contributed by atoms with Crippen LogP contribution in [0.25, 0.3) is 0 Å². The molecular formula is C10H8INO2S. The van der Waals surface area contributed by atoms with Gasteiger partial charge < -0.3 is 4.74 Å². The van der Waals surface area contributed by atoms with Crippen LogP contribution in [0.5, 0.6) is 0 Å². The fraction of sp³-hybridized carbons (Fsp3) is 0.200. The molecule has 0 aliphatic rings. The molecule has 0 aliphatic heterocycles. The van der Waals surface area contributed by atoms with Crippen LogP contribution >= 0.6 is 35.2 Å². The summed E-state index contributed by atoms with van der Waals surface area (Å²) in [5.41, 5.74) is 0.566. The number of hydrogen-bond acceptors (Lipinski definition) is 4. The summed E-state index contributed by atoms with van der Waals surface area (Å²) in [4.78, 5) is 12.1. The van der Waals surface area contributed by atoms with Crippen molar-refractivity contribution in [2.45, 2.75) is 11.8 Å². The number of nitriles is 1. The van der Waals surface area contributed by atoms with Crippen LogP contribution in [-0.2, 0) is 4.74 Å². The van der Waals surface area contributed by atoms with Gasteiger partial charge in [0.15, 0.2) is 0 Å². The number of esters is 1. The van der Waals surface area contributed by atoms with E-state index >= 15 is 0 Å². The first kappa shape index (κ1) is 12.3. The Labute approximate surface area is 107 Å². The monoisotopic (exact) mass is 333 g/mol. The Hall–Kier alpha value is -0.740. The molecule has 0 N–H and O–H groups in total. The lowest BCUT2D eigenvalue weighted by Gasteiger charge is -2.07. The second-order valence-electron chi connectivity index (χ2n) is 2.65. The third kappa shape index (κ3) is 2.63. The van der Waals surface area contributed by atoms with Gasteiger partial charge in [-0.1, -0.05) is 0 Å². The molecule has 0 unspecified atom stereocenters. The Morgan fingerprint density at radius 2 is 2.33 bits per heavy atom. The molecule has 15 heavy (non-hydrogen) atoms. The molecule has 1 aromatic rings. The SMILES string of the molecule is CCOC(=O)c1c(I)ccc(S)c1C#N. The molecule has 0 heterocycles. The Balaban J connectivity index is 3.33. The van der Waals surface area contributed by atoms with Crippen molar-refractivity contribution in [1.82, 2.24) is 0 Å². The average molecular weight is 333 g/mol. The highest BCUT2D eigenvalue weighted by molar-refractivity contribution is 14.1. The van der Waals surface area contributed by atoms with E-state index in [0.717, 1.165) is 0 Å². The number of carbonyl (C=O) groups excluding carboxylic acids is 1. The van der Waals surface area contributed by atoms with Gasteiger partial charge in [-0.05, 0) is 41.6 Å². The standard InChI is InChI=1S/C10H8INO2S/c1-2-14-10(13)9-6(5-12)8(15)4-3-7(9)11/h3-4,15H,2H2,1H3. The topological polar surface area (TPSA) is 50.1 Å². The van der Waals surface area contributed by atoms with Crippen molar-refractivity contribution in [2.24, 2.45) is 0 Å². The molecule has 1 aromatic carbocycles. The van der Waals surface area contributed by atoms with Crippen LogP contribution in [-0.4, -0.2) is 12.6 Å². The molecular weight excluding hydrogens is 325 g/mol. The number of hydrogen-bond donors (Lipinski definition) is 1. The largest absolute Gasteiger partial charge is 0.462 e. The van der Waals surface area contributed by atoms with Crippen molar-refractivity contribution >= 4 is 41.2 Å². The summed E-state index contributed by atoms with van der Waals surface area (Å²) < 4.78 is 5.57.